The van der Waals surface area contributed by atoms with Crippen LogP contribution in [0.15, 0.2) is 10.6 Å². The number of nitrogens with one attached hydrogen (secondary N) is 1. The zero-order valence-electron chi connectivity index (χ0n) is 8.79. The third kappa shape index (κ3) is 1.96. The van der Waals surface area contributed by atoms with Crippen LogP contribution in [0.25, 0.3) is 0 Å². The van der Waals surface area contributed by atoms with E-state index in [-0.39, 0.29) is 0 Å². The lowest BCUT2D eigenvalue weighted by Gasteiger charge is -2.30. The quantitative estimate of drug-likeness (QED) is 0.763. The first kappa shape index (κ1) is 9.68. The van der Waals surface area contributed by atoms with Gasteiger partial charge in [0.1, 0.15) is 5.76 Å². The average Bonchev–Trinajstić information content (AvgIpc) is 2.65. The van der Waals surface area contributed by atoms with Gasteiger partial charge in [-0.05, 0) is 13.8 Å². The number of aromatic nitrogens is 1. The minimum Gasteiger partial charge on any atom is -0.444 e. The molecule has 1 N–H and O–H groups in total. The number of hydrogen-bond donors (Lipinski definition) is 1. The van der Waals surface area contributed by atoms with Gasteiger partial charge in [0, 0.05) is 26.2 Å². The van der Waals surface area contributed by atoms with Crippen LogP contribution in [0.3, 0.4) is 0 Å². The average molecular weight is 195 g/mol. The van der Waals surface area contributed by atoms with Gasteiger partial charge >= 0.3 is 0 Å². The summed E-state index contributed by atoms with van der Waals surface area (Å²) in [4.78, 5) is 6.65. The molecule has 1 aromatic heterocycles. The molecule has 14 heavy (non-hydrogen) atoms. The Morgan fingerprint density at radius 3 is 2.79 bits per heavy atom. The Hall–Kier alpha value is -0.870. The molecule has 0 aromatic carbocycles. The van der Waals surface area contributed by atoms with Crippen molar-refractivity contribution in [1.82, 2.24) is 15.2 Å². The van der Waals surface area contributed by atoms with Crippen molar-refractivity contribution in [2.75, 3.05) is 26.2 Å². The van der Waals surface area contributed by atoms with E-state index in [0.717, 1.165) is 37.8 Å². The van der Waals surface area contributed by atoms with Crippen molar-refractivity contribution in [3.8, 4) is 0 Å². The van der Waals surface area contributed by atoms with Crippen LogP contribution in [0.1, 0.15) is 24.6 Å². The fourth-order valence-electron chi connectivity index (χ4n) is 1.79. The maximum absolute atomic E-state index is 5.53. The molecule has 1 saturated heterocycles. The summed E-state index contributed by atoms with van der Waals surface area (Å²) in [5.41, 5.74) is 0. The highest BCUT2D eigenvalue weighted by molar-refractivity contribution is 4.96. The second-order valence-electron chi connectivity index (χ2n) is 3.77. The van der Waals surface area contributed by atoms with Crippen LogP contribution in [0.5, 0.6) is 0 Å². The molecule has 2 rings (SSSR count). The number of nitrogens with zero attached hydrogens (tertiary/aromatic N) is 2. The van der Waals surface area contributed by atoms with Crippen molar-refractivity contribution >= 4 is 0 Å². The summed E-state index contributed by atoms with van der Waals surface area (Å²) in [6, 6.07) is 0.297. The van der Waals surface area contributed by atoms with E-state index in [1.807, 2.05) is 6.92 Å². The Bertz CT molecular complexity index is 291. The van der Waals surface area contributed by atoms with E-state index in [4.69, 9.17) is 4.42 Å². The first-order chi connectivity index (χ1) is 6.77. The molecule has 4 heteroatoms. The van der Waals surface area contributed by atoms with Gasteiger partial charge in [0.25, 0.3) is 0 Å². The molecule has 1 aliphatic rings. The normalized spacial score (nSPS) is 21.0. The number of hydrogen-bond acceptors (Lipinski definition) is 4. The molecule has 0 bridgehead atoms. The largest absolute Gasteiger partial charge is 0.444 e. The fraction of sp³-hybridized carbons (Fsp3) is 0.700. The topological polar surface area (TPSA) is 41.3 Å². The molecule has 0 spiro atoms. The molecule has 1 unspecified atom stereocenters. The molecular formula is C10H17N3O. The molecule has 0 amide bonds. The summed E-state index contributed by atoms with van der Waals surface area (Å²) in [6.07, 6.45) is 1.79. The Morgan fingerprint density at radius 2 is 2.21 bits per heavy atom. The van der Waals surface area contributed by atoms with Gasteiger partial charge in [-0.1, -0.05) is 0 Å². The van der Waals surface area contributed by atoms with E-state index in [0.29, 0.717) is 6.04 Å². The van der Waals surface area contributed by atoms with Crippen LogP contribution in [-0.4, -0.2) is 36.1 Å². The van der Waals surface area contributed by atoms with Crippen LogP contribution in [0.2, 0.25) is 0 Å². The molecule has 1 fully saturated rings. The van der Waals surface area contributed by atoms with Gasteiger partial charge in [0.2, 0.25) is 5.89 Å². The second kappa shape index (κ2) is 4.11. The van der Waals surface area contributed by atoms with Crippen LogP contribution in [0.4, 0.5) is 0 Å². The lowest BCUT2D eigenvalue weighted by atomic mass is 10.2. The van der Waals surface area contributed by atoms with E-state index in [2.05, 4.69) is 22.1 Å². The molecule has 0 aliphatic carbocycles. The van der Waals surface area contributed by atoms with Gasteiger partial charge < -0.3 is 9.73 Å². The maximum atomic E-state index is 5.53. The third-order valence-corrected chi connectivity index (χ3v) is 2.70. The summed E-state index contributed by atoms with van der Waals surface area (Å²) in [5, 5.41) is 3.33. The van der Waals surface area contributed by atoms with Crippen molar-refractivity contribution in [3.63, 3.8) is 0 Å². The summed E-state index contributed by atoms with van der Waals surface area (Å²) in [7, 11) is 0. The van der Waals surface area contributed by atoms with E-state index in [9.17, 15) is 0 Å². The molecule has 1 atom stereocenters. The highest BCUT2D eigenvalue weighted by Crippen LogP contribution is 2.19. The van der Waals surface area contributed by atoms with Crippen LogP contribution in [0, 0.1) is 6.92 Å². The summed E-state index contributed by atoms with van der Waals surface area (Å²) < 4.78 is 5.53. The zero-order valence-corrected chi connectivity index (χ0v) is 8.79. The number of oxazole rings is 1. The van der Waals surface area contributed by atoms with Gasteiger partial charge in [-0.2, -0.15) is 0 Å². The molecule has 4 nitrogen and oxygen atoms in total. The van der Waals surface area contributed by atoms with Crippen LogP contribution < -0.4 is 5.32 Å². The van der Waals surface area contributed by atoms with E-state index >= 15 is 0 Å². The maximum Gasteiger partial charge on any atom is 0.211 e. The van der Waals surface area contributed by atoms with Crippen molar-refractivity contribution in [1.29, 1.82) is 0 Å². The number of piperazine rings is 1. The van der Waals surface area contributed by atoms with Crippen molar-refractivity contribution in [2.45, 2.75) is 19.9 Å². The molecule has 0 radical (unpaired) electrons. The van der Waals surface area contributed by atoms with Crippen LogP contribution >= 0.6 is 0 Å². The minimum absolute atomic E-state index is 0.297. The Kier molecular flexibility index (Phi) is 2.84. The molecule has 2 heterocycles. The number of aryl methyl sites for hydroxylation is 1. The highest BCUT2D eigenvalue weighted by atomic mass is 16.4. The minimum atomic E-state index is 0.297. The fourth-order valence-corrected chi connectivity index (χ4v) is 1.79. The summed E-state index contributed by atoms with van der Waals surface area (Å²) in [6.45, 7) is 8.34. The van der Waals surface area contributed by atoms with E-state index < -0.39 is 0 Å². The van der Waals surface area contributed by atoms with Gasteiger partial charge in [0.15, 0.2) is 0 Å². The van der Waals surface area contributed by atoms with E-state index in [1.54, 1.807) is 6.20 Å². The standard InChI is InChI=1S/C10H17N3O/c1-8-7-12-10(14-8)9(2)13-5-3-11-4-6-13/h7,9,11H,3-6H2,1-2H3. The smallest absolute Gasteiger partial charge is 0.211 e. The Balaban J connectivity index is 2.03. The lowest BCUT2D eigenvalue weighted by molar-refractivity contribution is 0.161. The Morgan fingerprint density at radius 1 is 1.50 bits per heavy atom. The van der Waals surface area contributed by atoms with Crippen molar-refractivity contribution < 1.29 is 4.42 Å². The molecule has 78 valence electrons. The number of rotatable bonds is 2. The third-order valence-electron chi connectivity index (χ3n) is 2.70. The highest BCUT2D eigenvalue weighted by Gasteiger charge is 2.21. The van der Waals surface area contributed by atoms with Crippen LogP contribution in [-0.2, 0) is 0 Å². The second-order valence-corrected chi connectivity index (χ2v) is 3.77. The first-order valence-corrected chi connectivity index (χ1v) is 5.14. The molecule has 1 aliphatic heterocycles. The lowest BCUT2D eigenvalue weighted by Crippen LogP contribution is -2.44. The first-order valence-electron chi connectivity index (χ1n) is 5.14. The SMILES string of the molecule is Cc1cnc(C(C)N2CCNCC2)o1. The van der Waals surface area contributed by atoms with Crippen molar-refractivity contribution in [2.24, 2.45) is 0 Å². The van der Waals surface area contributed by atoms with Gasteiger partial charge in [-0.15, -0.1) is 0 Å². The molecular weight excluding hydrogens is 178 g/mol. The predicted octanol–water partition coefficient (Wildman–Crippen LogP) is 0.949. The molecule has 1 aromatic rings. The van der Waals surface area contributed by atoms with Gasteiger partial charge in [-0.3, -0.25) is 4.90 Å². The van der Waals surface area contributed by atoms with Gasteiger partial charge in [0.05, 0.1) is 12.2 Å². The predicted molar refractivity (Wildman–Crippen MR) is 54.1 cm³/mol. The van der Waals surface area contributed by atoms with E-state index in [1.165, 1.54) is 0 Å². The van der Waals surface area contributed by atoms with Gasteiger partial charge in [-0.25, -0.2) is 4.98 Å². The van der Waals surface area contributed by atoms with Crippen molar-refractivity contribution in [3.05, 3.63) is 17.8 Å². The molecule has 0 saturated carbocycles. The monoisotopic (exact) mass is 195 g/mol. The Labute approximate surface area is 84.3 Å². The summed E-state index contributed by atoms with van der Waals surface area (Å²) in [5.74, 6) is 1.73. The zero-order chi connectivity index (χ0) is 9.97. The summed E-state index contributed by atoms with van der Waals surface area (Å²) >= 11 is 0.